The van der Waals surface area contributed by atoms with Crippen molar-refractivity contribution in [2.75, 3.05) is 5.73 Å². The molecule has 0 amide bonds. The molecular formula is C13H14N2O2. The molecule has 4 heteroatoms. The molecule has 1 heterocycles. The van der Waals surface area contributed by atoms with Gasteiger partial charge in [-0.2, -0.15) is 0 Å². The van der Waals surface area contributed by atoms with Crippen LogP contribution in [0.15, 0.2) is 41.2 Å². The van der Waals surface area contributed by atoms with Gasteiger partial charge in [-0.05, 0) is 24.6 Å². The Labute approximate surface area is 98.9 Å². The molecule has 88 valence electrons. The molecule has 3 N–H and O–H groups in total. The fourth-order valence-electron chi connectivity index (χ4n) is 1.83. The van der Waals surface area contributed by atoms with Crippen LogP contribution in [0.5, 0.6) is 5.75 Å². The molecule has 0 unspecified atom stereocenters. The number of rotatable bonds is 2. The zero-order chi connectivity index (χ0) is 12.4. The molecule has 2 aromatic rings. The van der Waals surface area contributed by atoms with Gasteiger partial charge < -0.3 is 10.8 Å². The summed E-state index contributed by atoms with van der Waals surface area (Å²) in [6, 6.07) is 9.74. The largest absolute Gasteiger partial charge is 0.508 e. The zero-order valence-corrected chi connectivity index (χ0v) is 9.55. The van der Waals surface area contributed by atoms with Crippen LogP contribution < -0.4 is 11.3 Å². The van der Waals surface area contributed by atoms with Gasteiger partial charge in [-0.25, -0.2) is 0 Å². The third-order valence-corrected chi connectivity index (χ3v) is 2.58. The van der Waals surface area contributed by atoms with E-state index in [0.717, 1.165) is 5.69 Å². The van der Waals surface area contributed by atoms with E-state index in [0.29, 0.717) is 17.8 Å². The number of hydrogen-bond donors (Lipinski definition) is 2. The third kappa shape index (κ3) is 2.15. The molecule has 1 aromatic carbocycles. The van der Waals surface area contributed by atoms with Crippen LogP contribution in [0, 0.1) is 0 Å². The summed E-state index contributed by atoms with van der Waals surface area (Å²) in [7, 11) is 0. The fourth-order valence-corrected chi connectivity index (χ4v) is 1.83. The molecule has 2 rings (SSSR count). The number of pyridine rings is 1. The van der Waals surface area contributed by atoms with E-state index in [1.54, 1.807) is 34.9 Å². The second kappa shape index (κ2) is 4.33. The van der Waals surface area contributed by atoms with Gasteiger partial charge in [0.25, 0.3) is 5.56 Å². The van der Waals surface area contributed by atoms with Crippen molar-refractivity contribution >= 4 is 5.69 Å². The molecule has 0 aliphatic rings. The van der Waals surface area contributed by atoms with Gasteiger partial charge in [-0.15, -0.1) is 0 Å². The smallest absolute Gasteiger partial charge is 0.257 e. The van der Waals surface area contributed by atoms with Crippen LogP contribution in [-0.4, -0.2) is 9.67 Å². The summed E-state index contributed by atoms with van der Waals surface area (Å²) in [5, 5.41) is 9.44. The van der Waals surface area contributed by atoms with Crippen LogP contribution in [-0.2, 0) is 6.42 Å². The second-order valence-electron chi connectivity index (χ2n) is 3.83. The average Bonchev–Trinajstić information content (AvgIpc) is 2.27. The number of phenols is 1. The molecule has 1 aromatic heterocycles. The van der Waals surface area contributed by atoms with Crippen molar-refractivity contribution in [3.05, 3.63) is 52.4 Å². The quantitative estimate of drug-likeness (QED) is 0.824. The van der Waals surface area contributed by atoms with Gasteiger partial charge in [0.05, 0.1) is 5.69 Å². The van der Waals surface area contributed by atoms with Gasteiger partial charge in [-0.3, -0.25) is 9.36 Å². The lowest BCUT2D eigenvalue weighted by Gasteiger charge is -2.12. The molecule has 4 nitrogen and oxygen atoms in total. The molecule has 0 spiro atoms. The lowest BCUT2D eigenvalue weighted by Crippen LogP contribution is -2.21. The highest BCUT2D eigenvalue weighted by Gasteiger charge is 2.06. The number of phenolic OH excluding ortho intramolecular Hbond substituents is 1. The van der Waals surface area contributed by atoms with Gasteiger partial charge in [0, 0.05) is 23.5 Å². The normalized spacial score (nSPS) is 10.4. The summed E-state index contributed by atoms with van der Waals surface area (Å²) in [5.41, 5.74) is 7.39. The van der Waals surface area contributed by atoms with E-state index < -0.39 is 0 Å². The van der Waals surface area contributed by atoms with E-state index in [2.05, 4.69) is 0 Å². The third-order valence-electron chi connectivity index (χ3n) is 2.58. The fraction of sp³-hybridized carbons (Fsp3) is 0.154. The van der Waals surface area contributed by atoms with Crippen LogP contribution >= 0.6 is 0 Å². The van der Waals surface area contributed by atoms with Crippen molar-refractivity contribution in [3.63, 3.8) is 0 Å². The Hall–Kier alpha value is -2.23. The Kier molecular flexibility index (Phi) is 2.87. The zero-order valence-electron chi connectivity index (χ0n) is 9.55. The molecule has 0 bridgehead atoms. The molecule has 0 saturated heterocycles. The van der Waals surface area contributed by atoms with Crippen LogP contribution in [0.2, 0.25) is 0 Å². The molecule has 0 fully saturated rings. The summed E-state index contributed by atoms with van der Waals surface area (Å²) < 4.78 is 1.55. The highest BCUT2D eigenvalue weighted by atomic mass is 16.3. The van der Waals surface area contributed by atoms with Gasteiger partial charge >= 0.3 is 0 Å². The Morgan fingerprint density at radius 2 is 2.06 bits per heavy atom. The number of nitrogen functional groups attached to an aromatic ring is 1. The van der Waals surface area contributed by atoms with E-state index in [1.165, 1.54) is 6.07 Å². The predicted octanol–water partition coefficient (Wildman–Crippen LogP) is 1.69. The van der Waals surface area contributed by atoms with E-state index >= 15 is 0 Å². The maximum Gasteiger partial charge on any atom is 0.257 e. The van der Waals surface area contributed by atoms with E-state index in [9.17, 15) is 9.90 Å². The molecular weight excluding hydrogens is 216 g/mol. The minimum atomic E-state index is -0.188. The molecule has 0 aliphatic heterocycles. The second-order valence-corrected chi connectivity index (χ2v) is 3.83. The van der Waals surface area contributed by atoms with Crippen LogP contribution in [0.3, 0.4) is 0 Å². The minimum Gasteiger partial charge on any atom is -0.508 e. The van der Waals surface area contributed by atoms with Gasteiger partial charge in [0.1, 0.15) is 5.75 Å². The van der Waals surface area contributed by atoms with E-state index in [-0.39, 0.29) is 11.3 Å². The van der Waals surface area contributed by atoms with E-state index in [4.69, 9.17) is 5.73 Å². The number of anilines is 1. The standard InChI is InChI=1S/C13H14N2O2/c1-2-10-6-9(14)7-13(17)15(10)11-4-3-5-12(16)8-11/h3-8,16H,2,14H2,1H3. The van der Waals surface area contributed by atoms with Gasteiger partial charge in [0.2, 0.25) is 0 Å². The molecule has 0 saturated carbocycles. The van der Waals surface area contributed by atoms with E-state index in [1.807, 2.05) is 6.92 Å². The molecule has 0 radical (unpaired) electrons. The Balaban J connectivity index is 2.70. The van der Waals surface area contributed by atoms with Crippen LogP contribution in [0.4, 0.5) is 5.69 Å². The first-order valence-electron chi connectivity index (χ1n) is 5.42. The van der Waals surface area contributed by atoms with Gasteiger partial charge in [-0.1, -0.05) is 13.0 Å². The van der Waals surface area contributed by atoms with Crippen molar-refractivity contribution in [3.8, 4) is 11.4 Å². The molecule has 0 atom stereocenters. The van der Waals surface area contributed by atoms with Crippen LogP contribution in [0.25, 0.3) is 5.69 Å². The Morgan fingerprint density at radius 1 is 1.29 bits per heavy atom. The number of nitrogens with two attached hydrogens (primary N) is 1. The predicted molar refractivity (Wildman–Crippen MR) is 67.5 cm³/mol. The monoisotopic (exact) mass is 230 g/mol. The summed E-state index contributed by atoms with van der Waals surface area (Å²) in [4.78, 5) is 11.9. The lowest BCUT2D eigenvalue weighted by atomic mass is 10.2. The van der Waals surface area contributed by atoms with Crippen molar-refractivity contribution in [1.82, 2.24) is 4.57 Å². The van der Waals surface area contributed by atoms with Crippen molar-refractivity contribution in [1.29, 1.82) is 0 Å². The highest BCUT2D eigenvalue weighted by Crippen LogP contribution is 2.16. The summed E-state index contributed by atoms with van der Waals surface area (Å²) >= 11 is 0. The van der Waals surface area contributed by atoms with Crippen molar-refractivity contribution in [2.45, 2.75) is 13.3 Å². The number of aryl methyl sites for hydroxylation is 1. The van der Waals surface area contributed by atoms with Crippen LogP contribution in [0.1, 0.15) is 12.6 Å². The number of benzene rings is 1. The summed E-state index contributed by atoms with van der Waals surface area (Å²) in [6.07, 6.45) is 0.690. The summed E-state index contributed by atoms with van der Waals surface area (Å²) in [5.74, 6) is 0.133. The number of aromatic nitrogens is 1. The first kappa shape index (κ1) is 11.3. The topological polar surface area (TPSA) is 68.2 Å². The van der Waals surface area contributed by atoms with Gasteiger partial charge in [0.15, 0.2) is 0 Å². The lowest BCUT2D eigenvalue weighted by molar-refractivity contribution is 0.475. The number of aromatic hydroxyl groups is 1. The Morgan fingerprint density at radius 3 is 2.71 bits per heavy atom. The minimum absolute atomic E-state index is 0.133. The first-order valence-corrected chi connectivity index (χ1v) is 5.42. The first-order chi connectivity index (χ1) is 8.11. The maximum absolute atomic E-state index is 11.9. The Bertz CT molecular complexity index is 603. The number of nitrogens with zero attached hydrogens (tertiary/aromatic N) is 1. The SMILES string of the molecule is CCc1cc(N)cc(=O)n1-c1cccc(O)c1. The maximum atomic E-state index is 11.9. The highest BCUT2D eigenvalue weighted by molar-refractivity contribution is 5.45. The summed E-state index contributed by atoms with van der Waals surface area (Å²) in [6.45, 7) is 1.95. The average molecular weight is 230 g/mol. The number of hydrogen-bond acceptors (Lipinski definition) is 3. The molecule has 17 heavy (non-hydrogen) atoms. The van der Waals surface area contributed by atoms with Crippen molar-refractivity contribution < 1.29 is 5.11 Å². The van der Waals surface area contributed by atoms with Crippen molar-refractivity contribution in [2.24, 2.45) is 0 Å². The molecule has 0 aliphatic carbocycles.